The third kappa shape index (κ3) is 2.53. The van der Waals surface area contributed by atoms with Gasteiger partial charge in [-0.05, 0) is 25.1 Å². The van der Waals surface area contributed by atoms with Crippen LogP contribution < -0.4 is 5.32 Å². The molecule has 0 aliphatic rings. The molecule has 1 aromatic heterocycles. The normalized spacial score (nSPS) is 10.4. The van der Waals surface area contributed by atoms with Gasteiger partial charge in [-0.25, -0.2) is 14.4 Å². The van der Waals surface area contributed by atoms with Crippen LogP contribution in [0.3, 0.4) is 0 Å². The molecule has 1 N–H and O–H groups in total. The summed E-state index contributed by atoms with van der Waals surface area (Å²) in [6.45, 7) is 1.47. The first kappa shape index (κ1) is 14.1. The predicted octanol–water partition coefficient (Wildman–Crippen LogP) is 3.19. The van der Waals surface area contributed by atoms with E-state index < -0.39 is 10.7 Å². The Bertz CT molecular complexity index is 693. The van der Waals surface area contributed by atoms with Crippen LogP contribution in [0.1, 0.15) is 5.69 Å². The zero-order valence-electron chi connectivity index (χ0n) is 10.6. The highest BCUT2D eigenvalue weighted by atomic mass is 35.5. The summed E-state index contributed by atoms with van der Waals surface area (Å²) in [5.74, 6) is -0.502. The zero-order chi connectivity index (χ0) is 14.9. The molecule has 104 valence electrons. The van der Waals surface area contributed by atoms with Crippen LogP contribution in [0.15, 0.2) is 18.2 Å². The molecule has 6 nitrogen and oxygen atoms in total. The molecule has 0 bridgehead atoms. The van der Waals surface area contributed by atoms with Gasteiger partial charge in [0.05, 0.1) is 4.92 Å². The fraction of sp³-hybridized carbons (Fsp3) is 0.167. The second-order valence-electron chi connectivity index (χ2n) is 3.96. The van der Waals surface area contributed by atoms with Crippen LogP contribution in [0.4, 0.5) is 16.0 Å². The first-order valence-corrected chi connectivity index (χ1v) is 5.98. The largest absolute Gasteiger partial charge is 0.357 e. The van der Waals surface area contributed by atoms with E-state index in [-0.39, 0.29) is 33.6 Å². The molecule has 0 saturated heterocycles. The first-order chi connectivity index (χ1) is 9.43. The van der Waals surface area contributed by atoms with E-state index in [1.165, 1.54) is 19.1 Å². The van der Waals surface area contributed by atoms with Crippen molar-refractivity contribution in [3.8, 4) is 11.3 Å². The molecule has 0 unspecified atom stereocenters. The number of halogens is 2. The van der Waals surface area contributed by atoms with Gasteiger partial charge in [-0.1, -0.05) is 11.6 Å². The Morgan fingerprint density at radius 1 is 1.40 bits per heavy atom. The molecule has 1 aromatic carbocycles. The lowest BCUT2D eigenvalue weighted by molar-refractivity contribution is -0.385. The quantitative estimate of drug-likeness (QED) is 0.695. The van der Waals surface area contributed by atoms with Crippen LogP contribution in [0.2, 0.25) is 5.02 Å². The SMILES string of the molecule is CNc1nc(C)c([N+](=O)[O-])c(-c2ccc(Cl)cc2F)n1. The Kier molecular flexibility index (Phi) is 3.80. The lowest BCUT2D eigenvalue weighted by atomic mass is 10.1. The number of hydrogen-bond donors (Lipinski definition) is 1. The highest BCUT2D eigenvalue weighted by Crippen LogP contribution is 2.33. The van der Waals surface area contributed by atoms with E-state index >= 15 is 0 Å². The molecule has 0 amide bonds. The van der Waals surface area contributed by atoms with Gasteiger partial charge in [-0.2, -0.15) is 0 Å². The van der Waals surface area contributed by atoms with Crippen molar-refractivity contribution in [2.45, 2.75) is 6.92 Å². The van der Waals surface area contributed by atoms with Gasteiger partial charge in [0.1, 0.15) is 11.5 Å². The Labute approximate surface area is 118 Å². The van der Waals surface area contributed by atoms with Crippen molar-refractivity contribution in [2.24, 2.45) is 0 Å². The highest BCUT2D eigenvalue weighted by Gasteiger charge is 2.25. The molecule has 0 saturated carbocycles. The lowest BCUT2D eigenvalue weighted by Gasteiger charge is -2.08. The van der Waals surface area contributed by atoms with Crippen molar-refractivity contribution in [1.29, 1.82) is 0 Å². The average Bonchev–Trinajstić information content (AvgIpc) is 2.37. The summed E-state index contributed by atoms with van der Waals surface area (Å²) in [5, 5.41) is 14.0. The summed E-state index contributed by atoms with van der Waals surface area (Å²) >= 11 is 5.68. The maximum atomic E-state index is 14.0. The maximum absolute atomic E-state index is 14.0. The molecule has 0 aliphatic heterocycles. The molecule has 20 heavy (non-hydrogen) atoms. The third-order valence-electron chi connectivity index (χ3n) is 2.65. The van der Waals surface area contributed by atoms with Crippen molar-refractivity contribution >= 4 is 23.2 Å². The number of aromatic nitrogens is 2. The molecule has 0 spiro atoms. The predicted molar refractivity (Wildman–Crippen MR) is 73.4 cm³/mol. The van der Waals surface area contributed by atoms with E-state index in [9.17, 15) is 14.5 Å². The van der Waals surface area contributed by atoms with E-state index in [4.69, 9.17) is 11.6 Å². The summed E-state index contributed by atoms with van der Waals surface area (Å²) in [6, 6.07) is 3.88. The average molecular weight is 297 g/mol. The molecule has 8 heteroatoms. The number of benzene rings is 1. The molecule has 0 aliphatic carbocycles. The molecule has 2 rings (SSSR count). The molecule has 1 heterocycles. The summed E-state index contributed by atoms with van der Waals surface area (Å²) in [6.07, 6.45) is 0. The van der Waals surface area contributed by atoms with Crippen LogP contribution in [0.5, 0.6) is 0 Å². The van der Waals surface area contributed by atoms with Crippen LogP contribution in [0.25, 0.3) is 11.3 Å². The van der Waals surface area contributed by atoms with E-state index in [2.05, 4.69) is 15.3 Å². The molecule has 2 aromatic rings. The minimum Gasteiger partial charge on any atom is -0.357 e. The molecule has 0 atom stereocenters. The summed E-state index contributed by atoms with van der Waals surface area (Å²) in [5.41, 5.74) is -0.256. The number of anilines is 1. The molecule has 0 fully saturated rings. The minimum atomic E-state index is -0.680. The zero-order valence-corrected chi connectivity index (χ0v) is 11.4. The first-order valence-electron chi connectivity index (χ1n) is 5.60. The van der Waals surface area contributed by atoms with E-state index in [1.807, 2.05) is 0 Å². The number of nitrogens with one attached hydrogen (secondary N) is 1. The van der Waals surface area contributed by atoms with Crippen molar-refractivity contribution in [1.82, 2.24) is 9.97 Å². The Morgan fingerprint density at radius 2 is 2.10 bits per heavy atom. The number of aryl methyl sites for hydroxylation is 1. The van der Waals surface area contributed by atoms with Crippen LogP contribution in [-0.2, 0) is 0 Å². The van der Waals surface area contributed by atoms with Crippen molar-refractivity contribution in [2.75, 3.05) is 12.4 Å². The number of nitrogens with zero attached hydrogens (tertiary/aromatic N) is 3. The monoisotopic (exact) mass is 296 g/mol. The van der Waals surface area contributed by atoms with Gasteiger partial charge in [0.2, 0.25) is 5.95 Å². The van der Waals surface area contributed by atoms with E-state index in [0.29, 0.717) is 0 Å². The highest BCUT2D eigenvalue weighted by molar-refractivity contribution is 6.30. The van der Waals surface area contributed by atoms with E-state index in [1.54, 1.807) is 7.05 Å². The fourth-order valence-electron chi connectivity index (χ4n) is 1.77. The Morgan fingerprint density at radius 3 is 2.65 bits per heavy atom. The lowest BCUT2D eigenvalue weighted by Crippen LogP contribution is -2.05. The van der Waals surface area contributed by atoms with Gasteiger partial charge in [0.15, 0.2) is 5.69 Å². The molecular weight excluding hydrogens is 287 g/mol. The summed E-state index contributed by atoms with van der Waals surface area (Å²) in [7, 11) is 1.57. The van der Waals surface area contributed by atoms with Crippen molar-refractivity contribution in [3.05, 3.63) is 44.8 Å². The van der Waals surface area contributed by atoms with Crippen LogP contribution in [-0.4, -0.2) is 21.9 Å². The topological polar surface area (TPSA) is 81.0 Å². The fourth-order valence-corrected chi connectivity index (χ4v) is 1.93. The summed E-state index contributed by atoms with van der Waals surface area (Å²) < 4.78 is 14.0. The van der Waals surface area contributed by atoms with Gasteiger partial charge in [0.25, 0.3) is 0 Å². The third-order valence-corrected chi connectivity index (χ3v) is 2.89. The smallest absolute Gasteiger partial charge is 0.316 e. The van der Waals surface area contributed by atoms with Gasteiger partial charge >= 0.3 is 5.69 Å². The van der Waals surface area contributed by atoms with Gasteiger partial charge in [-0.15, -0.1) is 0 Å². The van der Waals surface area contributed by atoms with Crippen molar-refractivity contribution < 1.29 is 9.31 Å². The summed E-state index contributed by atoms with van der Waals surface area (Å²) in [4.78, 5) is 18.4. The number of nitro groups is 1. The maximum Gasteiger partial charge on any atom is 0.316 e. The number of rotatable bonds is 3. The standard InChI is InChI=1S/C12H10ClFN4O2/c1-6-11(18(19)20)10(17-12(15-2)16-6)8-4-3-7(13)5-9(8)14/h3-5H,1-2H3,(H,15,16,17). The van der Waals surface area contributed by atoms with Crippen molar-refractivity contribution in [3.63, 3.8) is 0 Å². The molecule has 0 radical (unpaired) electrons. The van der Waals surface area contributed by atoms with Gasteiger partial charge < -0.3 is 5.32 Å². The van der Waals surface area contributed by atoms with Crippen LogP contribution in [0, 0.1) is 22.9 Å². The Balaban J connectivity index is 2.76. The minimum absolute atomic E-state index is 0.00287. The van der Waals surface area contributed by atoms with Crippen LogP contribution >= 0.6 is 11.6 Å². The number of hydrogen-bond acceptors (Lipinski definition) is 5. The Hall–Kier alpha value is -2.28. The second-order valence-corrected chi connectivity index (χ2v) is 4.40. The second kappa shape index (κ2) is 5.38. The van der Waals surface area contributed by atoms with E-state index in [0.717, 1.165) is 6.07 Å². The van der Waals surface area contributed by atoms with Gasteiger partial charge in [-0.3, -0.25) is 10.1 Å². The molecular formula is C12H10ClFN4O2. The van der Waals surface area contributed by atoms with Gasteiger partial charge in [0, 0.05) is 17.6 Å².